The predicted molar refractivity (Wildman–Crippen MR) is 108 cm³/mol. The fourth-order valence-corrected chi connectivity index (χ4v) is 2.95. The van der Waals surface area contributed by atoms with Crippen molar-refractivity contribution in [2.75, 3.05) is 10.6 Å². The Morgan fingerprint density at radius 1 is 1.29 bits per heavy atom. The number of aromatic nitrogens is 2. The van der Waals surface area contributed by atoms with Crippen LogP contribution in [-0.2, 0) is 4.79 Å². The number of hydrogen-bond acceptors (Lipinski definition) is 6. The number of anilines is 2. The molecule has 1 amide bonds. The van der Waals surface area contributed by atoms with Crippen LogP contribution in [0.4, 0.5) is 11.8 Å². The van der Waals surface area contributed by atoms with Gasteiger partial charge < -0.3 is 24.8 Å². The molecule has 0 saturated carbocycles. The minimum absolute atomic E-state index is 0.0339. The summed E-state index contributed by atoms with van der Waals surface area (Å²) in [5.41, 5.74) is 0.865. The number of aromatic amines is 1. The highest BCUT2D eigenvalue weighted by Gasteiger charge is 2.16. The fraction of sp³-hybridized carbons (Fsp3) is 0.316. The summed E-state index contributed by atoms with van der Waals surface area (Å²) < 4.78 is 10.9. The van der Waals surface area contributed by atoms with Crippen molar-refractivity contribution in [2.45, 2.75) is 39.8 Å². The monoisotopic (exact) mass is 404 g/mol. The molecule has 0 aliphatic rings. The van der Waals surface area contributed by atoms with Crippen molar-refractivity contribution in [1.82, 2.24) is 9.97 Å². The highest BCUT2D eigenvalue weighted by atomic mass is 35.5. The quantitative estimate of drug-likeness (QED) is 0.571. The first kappa shape index (κ1) is 19.8. The third-order valence-corrected chi connectivity index (χ3v) is 4.20. The molecule has 9 heteroatoms. The topological polar surface area (TPSA) is 109 Å². The Morgan fingerprint density at radius 3 is 2.71 bits per heavy atom. The van der Waals surface area contributed by atoms with Crippen molar-refractivity contribution < 1.29 is 13.9 Å². The molecule has 0 radical (unpaired) electrons. The Kier molecular flexibility index (Phi) is 5.60. The maximum absolute atomic E-state index is 12.6. The van der Waals surface area contributed by atoms with Gasteiger partial charge in [-0.25, -0.2) is 0 Å². The summed E-state index contributed by atoms with van der Waals surface area (Å²) in [5.74, 6) is 0.555. The van der Waals surface area contributed by atoms with Crippen LogP contribution in [0.5, 0.6) is 5.75 Å². The van der Waals surface area contributed by atoms with E-state index in [4.69, 9.17) is 20.8 Å². The van der Waals surface area contributed by atoms with E-state index in [2.05, 4.69) is 20.6 Å². The first-order chi connectivity index (χ1) is 13.2. The molecule has 0 aliphatic carbocycles. The molecule has 1 aromatic carbocycles. The van der Waals surface area contributed by atoms with Crippen LogP contribution in [0, 0.1) is 0 Å². The Balaban J connectivity index is 1.87. The van der Waals surface area contributed by atoms with Gasteiger partial charge in [-0.3, -0.25) is 9.59 Å². The van der Waals surface area contributed by atoms with E-state index in [1.165, 1.54) is 13.2 Å². The smallest absolute Gasteiger partial charge is 0.297 e. The van der Waals surface area contributed by atoms with Gasteiger partial charge in [-0.15, -0.1) is 0 Å². The van der Waals surface area contributed by atoms with Gasteiger partial charge in [0.05, 0.1) is 22.7 Å². The molecule has 2 aromatic heterocycles. The standard InChI is InChI=1S/C19H21ClN4O4/c1-9(2)28-16-7-15-12(6-14(16)20)5-13(18(26)23-15)10(3)21-19-24-17(8-27-19)22-11(4)25/h5-10H,1-4H3,(H,21,24)(H,22,25)(H,23,26)/t10-/m0/s1. The van der Waals surface area contributed by atoms with Crippen molar-refractivity contribution in [1.29, 1.82) is 0 Å². The van der Waals surface area contributed by atoms with Crippen LogP contribution in [0.2, 0.25) is 5.02 Å². The number of oxazole rings is 1. The number of amides is 1. The van der Waals surface area contributed by atoms with Crippen LogP contribution < -0.4 is 20.9 Å². The first-order valence-corrected chi connectivity index (χ1v) is 9.13. The summed E-state index contributed by atoms with van der Waals surface area (Å²) in [7, 11) is 0. The van der Waals surface area contributed by atoms with Crippen LogP contribution in [-0.4, -0.2) is 22.0 Å². The molecule has 3 rings (SSSR count). The van der Waals surface area contributed by atoms with E-state index in [-0.39, 0.29) is 23.6 Å². The van der Waals surface area contributed by atoms with E-state index in [1.54, 1.807) is 25.1 Å². The zero-order chi connectivity index (χ0) is 20.4. The van der Waals surface area contributed by atoms with Gasteiger partial charge >= 0.3 is 0 Å². The molecule has 0 unspecified atom stereocenters. The van der Waals surface area contributed by atoms with E-state index < -0.39 is 6.04 Å². The van der Waals surface area contributed by atoms with Crippen LogP contribution in [0.25, 0.3) is 10.9 Å². The predicted octanol–water partition coefficient (Wildman–Crippen LogP) is 4.09. The molecule has 0 fully saturated rings. The van der Waals surface area contributed by atoms with Crippen LogP contribution in [0.3, 0.4) is 0 Å². The summed E-state index contributed by atoms with van der Waals surface area (Å²) in [6.45, 7) is 6.98. The number of halogens is 1. The molecular formula is C19H21ClN4O4. The van der Waals surface area contributed by atoms with Gasteiger partial charge in [-0.1, -0.05) is 11.6 Å². The minimum Gasteiger partial charge on any atom is -0.489 e. The number of nitrogens with zero attached hydrogens (tertiary/aromatic N) is 1. The zero-order valence-corrected chi connectivity index (χ0v) is 16.7. The molecule has 0 saturated heterocycles. The second kappa shape index (κ2) is 7.93. The molecule has 2 heterocycles. The number of H-pyrrole nitrogens is 1. The summed E-state index contributed by atoms with van der Waals surface area (Å²) in [4.78, 5) is 30.6. The number of nitrogens with one attached hydrogen (secondary N) is 3. The lowest BCUT2D eigenvalue weighted by molar-refractivity contribution is -0.114. The third kappa shape index (κ3) is 4.45. The maximum atomic E-state index is 12.6. The summed E-state index contributed by atoms with van der Waals surface area (Å²) in [6.07, 6.45) is 1.28. The van der Waals surface area contributed by atoms with Crippen LogP contribution >= 0.6 is 11.6 Å². The molecule has 28 heavy (non-hydrogen) atoms. The SMILES string of the molecule is CC(=O)Nc1coc(N[C@@H](C)c2cc3cc(Cl)c(OC(C)C)cc3[nH]c2=O)n1. The van der Waals surface area contributed by atoms with Gasteiger partial charge in [-0.05, 0) is 32.9 Å². The van der Waals surface area contributed by atoms with Gasteiger partial charge in [0.15, 0.2) is 5.82 Å². The lowest BCUT2D eigenvalue weighted by atomic mass is 10.1. The average molecular weight is 405 g/mol. The van der Waals surface area contributed by atoms with Gasteiger partial charge in [0.25, 0.3) is 11.6 Å². The number of pyridine rings is 1. The van der Waals surface area contributed by atoms with Crippen LogP contribution in [0.15, 0.2) is 33.7 Å². The van der Waals surface area contributed by atoms with Gasteiger partial charge in [-0.2, -0.15) is 4.98 Å². The number of hydrogen-bond donors (Lipinski definition) is 3. The Morgan fingerprint density at radius 2 is 2.04 bits per heavy atom. The van der Waals surface area contributed by atoms with E-state index in [0.29, 0.717) is 27.7 Å². The second-order valence-corrected chi connectivity index (χ2v) is 7.08. The summed E-state index contributed by atoms with van der Waals surface area (Å²) in [6, 6.07) is 5.01. The Bertz CT molecular complexity index is 1070. The van der Waals surface area contributed by atoms with E-state index in [9.17, 15) is 9.59 Å². The highest BCUT2D eigenvalue weighted by Crippen LogP contribution is 2.30. The van der Waals surface area contributed by atoms with Crippen molar-refractivity contribution in [3.8, 4) is 5.75 Å². The number of benzene rings is 1. The van der Waals surface area contributed by atoms with E-state index in [0.717, 1.165) is 5.39 Å². The number of fused-ring (bicyclic) bond motifs is 1. The molecule has 0 spiro atoms. The molecule has 148 valence electrons. The van der Waals surface area contributed by atoms with Crippen molar-refractivity contribution in [3.63, 3.8) is 0 Å². The first-order valence-electron chi connectivity index (χ1n) is 8.75. The molecule has 3 aromatic rings. The van der Waals surface area contributed by atoms with Gasteiger partial charge in [0, 0.05) is 23.9 Å². The lowest BCUT2D eigenvalue weighted by Crippen LogP contribution is -2.19. The second-order valence-electron chi connectivity index (χ2n) is 6.68. The number of ether oxygens (including phenoxy) is 1. The zero-order valence-electron chi connectivity index (χ0n) is 15.9. The van der Waals surface area contributed by atoms with E-state index >= 15 is 0 Å². The molecule has 1 atom stereocenters. The number of carbonyl (C=O) groups excluding carboxylic acids is 1. The Labute approximate surface area is 166 Å². The number of rotatable bonds is 6. The molecule has 0 aliphatic heterocycles. The minimum atomic E-state index is -0.401. The maximum Gasteiger partial charge on any atom is 0.297 e. The third-order valence-electron chi connectivity index (χ3n) is 3.90. The van der Waals surface area contributed by atoms with Gasteiger partial charge in [0.2, 0.25) is 5.91 Å². The number of carbonyl (C=O) groups is 1. The van der Waals surface area contributed by atoms with E-state index in [1.807, 2.05) is 13.8 Å². The van der Waals surface area contributed by atoms with Crippen molar-refractivity contribution in [3.05, 3.63) is 45.4 Å². The molecule has 8 nitrogen and oxygen atoms in total. The summed E-state index contributed by atoms with van der Waals surface area (Å²) >= 11 is 6.30. The van der Waals surface area contributed by atoms with Gasteiger partial charge in [0.1, 0.15) is 12.0 Å². The molecule has 3 N–H and O–H groups in total. The largest absolute Gasteiger partial charge is 0.489 e. The highest BCUT2D eigenvalue weighted by molar-refractivity contribution is 6.32. The lowest BCUT2D eigenvalue weighted by Gasteiger charge is -2.15. The summed E-state index contributed by atoms with van der Waals surface area (Å²) in [5, 5.41) is 6.76. The molecular weight excluding hydrogens is 384 g/mol. The van der Waals surface area contributed by atoms with Crippen LogP contribution in [0.1, 0.15) is 39.3 Å². The molecule has 0 bridgehead atoms. The van der Waals surface area contributed by atoms with Crippen molar-refractivity contribution in [2.24, 2.45) is 0 Å². The van der Waals surface area contributed by atoms with Crippen molar-refractivity contribution >= 4 is 40.2 Å². The Hall–Kier alpha value is -3.00. The fourth-order valence-electron chi connectivity index (χ4n) is 2.73. The normalized spacial score (nSPS) is 12.2. The average Bonchev–Trinajstić information content (AvgIpc) is 3.01.